The van der Waals surface area contributed by atoms with Gasteiger partial charge >= 0.3 is 0 Å². The zero-order valence-corrected chi connectivity index (χ0v) is 10.3. The Hall–Kier alpha value is -2.43. The SMILES string of the molecule is CNc1ncccc1C(=O)Nc1ccc(C)cn1. The molecule has 0 aliphatic heterocycles. The second-order valence-electron chi connectivity index (χ2n) is 3.82. The van der Waals surface area contributed by atoms with E-state index in [-0.39, 0.29) is 5.91 Å². The minimum atomic E-state index is -0.233. The molecule has 0 fully saturated rings. The van der Waals surface area contributed by atoms with Crippen LogP contribution in [0.4, 0.5) is 11.6 Å². The fourth-order valence-corrected chi connectivity index (χ4v) is 1.51. The van der Waals surface area contributed by atoms with Crippen LogP contribution in [0.3, 0.4) is 0 Å². The molecule has 1 amide bonds. The van der Waals surface area contributed by atoms with Crippen molar-refractivity contribution in [3.8, 4) is 0 Å². The Morgan fingerprint density at radius 2 is 2.06 bits per heavy atom. The van der Waals surface area contributed by atoms with Crippen molar-refractivity contribution in [1.82, 2.24) is 9.97 Å². The lowest BCUT2D eigenvalue weighted by molar-refractivity contribution is 0.102. The van der Waals surface area contributed by atoms with Crippen LogP contribution in [0.5, 0.6) is 0 Å². The number of nitrogens with zero attached hydrogens (tertiary/aromatic N) is 2. The van der Waals surface area contributed by atoms with Gasteiger partial charge in [0, 0.05) is 19.4 Å². The van der Waals surface area contributed by atoms with Crippen molar-refractivity contribution >= 4 is 17.5 Å². The molecule has 0 unspecified atom stereocenters. The highest BCUT2D eigenvalue weighted by Crippen LogP contribution is 2.13. The summed E-state index contributed by atoms with van der Waals surface area (Å²) in [7, 11) is 1.73. The molecule has 2 rings (SSSR count). The van der Waals surface area contributed by atoms with Crippen molar-refractivity contribution in [2.75, 3.05) is 17.7 Å². The third-order valence-corrected chi connectivity index (χ3v) is 2.44. The van der Waals surface area contributed by atoms with Crippen LogP contribution in [-0.4, -0.2) is 22.9 Å². The van der Waals surface area contributed by atoms with E-state index in [1.807, 2.05) is 13.0 Å². The van der Waals surface area contributed by atoms with Gasteiger partial charge in [0.15, 0.2) is 0 Å². The first-order valence-electron chi connectivity index (χ1n) is 5.57. The van der Waals surface area contributed by atoms with E-state index in [4.69, 9.17) is 0 Å². The molecule has 0 saturated heterocycles. The summed E-state index contributed by atoms with van der Waals surface area (Å²) in [4.78, 5) is 20.3. The highest BCUT2D eigenvalue weighted by molar-refractivity contribution is 6.06. The lowest BCUT2D eigenvalue weighted by Gasteiger charge is -2.08. The van der Waals surface area contributed by atoms with Gasteiger partial charge in [-0.3, -0.25) is 4.79 Å². The molecule has 2 aromatic rings. The number of carbonyl (C=O) groups is 1. The Morgan fingerprint density at radius 1 is 1.22 bits per heavy atom. The van der Waals surface area contributed by atoms with E-state index in [9.17, 15) is 4.79 Å². The average Bonchev–Trinajstić information content (AvgIpc) is 2.41. The topological polar surface area (TPSA) is 66.9 Å². The van der Waals surface area contributed by atoms with Crippen LogP contribution in [0.25, 0.3) is 0 Å². The summed E-state index contributed by atoms with van der Waals surface area (Å²) >= 11 is 0. The Morgan fingerprint density at radius 3 is 2.72 bits per heavy atom. The highest BCUT2D eigenvalue weighted by Gasteiger charge is 2.11. The Bertz CT molecular complexity index is 551. The van der Waals surface area contributed by atoms with Crippen LogP contribution in [-0.2, 0) is 0 Å². The minimum absolute atomic E-state index is 0.233. The molecule has 0 aliphatic rings. The number of nitrogens with one attached hydrogen (secondary N) is 2. The number of aryl methyl sites for hydroxylation is 1. The highest BCUT2D eigenvalue weighted by atomic mass is 16.1. The summed E-state index contributed by atoms with van der Waals surface area (Å²) in [5.41, 5.74) is 1.53. The number of aromatic nitrogens is 2. The van der Waals surface area contributed by atoms with Gasteiger partial charge in [0.1, 0.15) is 11.6 Å². The van der Waals surface area contributed by atoms with Gasteiger partial charge < -0.3 is 10.6 Å². The lowest BCUT2D eigenvalue weighted by atomic mass is 10.2. The van der Waals surface area contributed by atoms with Gasteiger partial charge in [-0.15, -0.1) is 0 Å². The van der Waals surface area contributed by atoms with E-state index in [2.05, 4.69) is 20.6 Å². The number of hydrogen-bond donors (Lipinski definition) is 2. The summed E-state index contributed by atoms with van der Waals surface area (Å²) < 4.78 is 0. The average molecular weight is 242 g/mol. The van der Waals surface area contributed by atoms with E-state index in [0.717, 1.165) is 5.56 Å². The van der Waals surface area contributed by atoms with Crippen LogP contribution in [0.2, 0.25) is 0 Å². The fraction of sp³-hybridized carbons (Fsp3) is 0.154. The van der Waals surface area contributed by atoms with Crippen molar-refractivity contribution in [2.24, 2.45) is 0 Å². The molecule has 0 aromatic carbocycles. The van der Waals surface area contributed by atoms with Crippen LogP contribution >= 0.6 is 0 Å². The standard InChI is InChI=1S/C13H14N4O/c1-9-5-6-11(16-8-9)17-13(18)10-4-3-7-15-12(10)14-2/h3-8H,1-2H3,(H,14,15)(H,16,17,18). The largest absolute Gasteiger partial charge is 0.372 e. The molecule has 0 bridgehead atoms. The molecule has 0 radical (unpaired) electrons. The minimum Gasteiger partial charge on any atom is -0.372 e. The molecular weight excluding hydrogens is 228 g/mol. The summed E-state index contributed by atoms with van der Waals surface area (Å²) in [6, 6.07) is 7.09. The molecule has 0 aliphatic carbocycles. The molecule has 5 heteroatoms. The van der Waals surface area contributed by atoms with Crippen LogP contribution in [0.15, 0.2) is 36.7 Å². The lowest BCUT2D eigenvalue weighted by Crippen LogP contribution is -2.15. The quantitative estimate of drug-likeness (QED) is 0.864. The van der Waals surface area contributed by atoms with Gasteiger partial charge in [0.25, 0.3) is 5.91 Å². The van der Waals surface area contributed by atoms with Gasteiger partial charge in [0.2, 0.25) is 0 Å². The van der Waals surface area contributed by atoms with Crippen molar-refractivity contribution in [3.05, 3.63) is 47.8 Å². The number of amides is 1. The molecule has 18 heavy (non-hydrogen) atoms. The van der Waals surface area contributed by atoms with E-state index in [1.165, 1.54) is 0 Å². The molecule has 92 valence electrons. The molecule has 2 aromatic heterocycles. The van der Waals surface area contributed by atoms with Crippen molar-refractivity contribution in [3.63, 3.8) is 0 Å². The maximum atomic E-state index is 12.0. The zero-order valence-electron chi connectivity index (χ0n) is 10.3. The van der Waals surface area contributed by atoms with E-state index >= 15 is 0 Å². The molecule has 5 nitrogen and oxygen atoms in total. The maximum absolute atomic E-state index is 12.0. The number of rotatable bonds is 3. The normalized spacial score (nSPS) is 9.89. The number of carbonyl (C=O) groups excluding carboxylic acids is 1. The maximum Gasteiger partial charge on any atom is 0.260 e. The smallest absolute Gasteiger partial charge is 0.260 e. The van der Waals surface area contributed by atoms with E-state index < -0.39 is 0 Å². The predicted molar refractivity (Wildman–Crippen MR) is 70.7 cm³/mol. The van der Waals surface area contributed by atoms with E-state index in [0.29, 0.717) is 17.2 Å². The van der Waals surface area contributed by atoms with Gasteiger partial charge in [-0.2, -0.15) is 0 Å². The Labute approximate surface area is 105 Å². The fourth-order valence-electron chi connectivity index (χ4n) is 1.51. The second kappa shape index (κ2) is 5.27. The first kappa shape index (κ1) is 12.0. The monoisotopic (exact) mass is 242 g/mol. The van der Waals surface area contributed by atoms with E-state index in [1.54, 1.807) is 37.6 Å². The molecule has 2 N–H and O–H groups in total. The molecule has 0 saturated carbocycles. The van der Waals surface area contributed by atoms with Crippen molar-refractivity contribution in [2.45, 2.75) is 6.92 Å². The second-order valence-corrected chi connectivity index (χ2v) is 3.82. The van der Waals surface area contributed by atoms with Crippen LogP contribution in [0.1, 0.15) is 15.9 Å². The molecular formula is C13H14N4O. The van der Waals surface area contributed by atoms with Gasteiger partial charge in [-0.1, -0.05) is 6.07 Å². The summed E-state index contributed by atoms with van der Waals surface area (Å²) in [5, 5.41) is 5.61. The predicted octanol–water partition coefficient (Wildman–Crippen LogP) is 2.08. The first-order valence-corrected chi connectivity index (χ1v) is 5.57. The van der Waals surface area contributed by atoms with Crippen LogP contribution < -0.4 is 10.6 Å². The third-order valence-electron chi connectivity index (χ3n) is 2.44. The van der Waals surface area contributed by atoms with Gasteiger partial charge in [-0.05, 0) is 30.7 Å². The van der Waals surface area contributed by atoms with Crippen LogP contribution in [0, 0.1) is 6.92 Å². The Kier molecular flexibility index (Phi) is 3.52. The summed E-state index contributed by atoms with van der Waals surface area (Å²) in [5.74, 6) is 0.836. The number of pyridine rings is 2. The Balaban J connectivity index is 2.19. The third kappa shape index (κ3) is 2.63. The first-order chi connectivity index (χ1) is 8.70. The molecule has 0 spiro atoms. The summed E-state index contributed by atoms with van der Waals surface area (Å²) in [6.45, 7) is 1.94. The zero-order chi connectivity index (χ0) is 13.0. The summed E-state index contributed by atoms with van der Waals surface area (Å²) in [6.07, 6.45) is 3.34. The number of anilines is 2. The van der Waals surface area contributed by atoms with Gasteiger partial charge in [-0.25, -0.2) is 9.97 Å². The molecule has 0 atom stereocenters. The van der Waals surface area contributed by atoms with Gasteiger partial charge in [0.05, 0.1) is 5.56 Å². The molecule has 2 heterocycles. The van der Waals surface area contributed by atoms with Crippen molar-refractivity contribution < 1.29 is 4.79 Å². The van der Waals surface area contributed by atoms with Crippen molar-refractivity contribution in [1.29, 1.82) is 0 Å². The number of hydrogen-bond acceptors (Lipinski definition) is 4.